The average Bonchev–Trinajstić information content (AvgIpc) is 3.44. The molecule has 1 amide bonds. The molecule has 1 aromatic carbocycles. The van der Waals surface area contributed by atoms with Crippen LogP contribution in [-0.2, 0) is 11.3 Å². The van der Waals surface area contributed by atoms with Crippen molar-refractivity contribution < 1.29 is 18.4 Å². The van der Waals surface area contributed by atoms with Gasteiger partial charge in [-0.2, -0.15) is 10.2 Å². The molecule has 1 saturated heterocycles. The maximum atomic E-state index is 12.8. The number of carbonyl (C=O) groups excluding carboxylic acids is 1. The molecule has 0 saturated carbocycles. The van der Waals surface area contributed by atoms with E-state index in [0.717, 1.165) is 5.56 Å². The molecule has 1 aliphatic rings. The Hall–Kier alpha value is -3.57. The predicted molar refractivity (Wildman–Crippen MR) is 104 cm³/mol. The van der Waals surface area contributed by atoms with Crippen molar-refractivity contribution in [1.82, 2.24) is 9.88 Å². The second kappa shape index (κ2) is 8.20. The number of nitriles is 1. The van der Waals surface area contributed by atoms with E-state index in [0.29, 0.717) is 50.0 Å². The molecule has 0 aliphatic carbocycles. The lowest BCUT2D eigenvalue weighted by Gasteiger charge is -2.34. The van der Waals surface area contributed by atoms with Gasteiger partial charge >= 0.3 is 0 Å². The van der Waals surface area contributed by atoms with Crippen LogP contribution in [0.1, 0.15) is 21.6 Å². The van der Waals surface area contributed by atoms with E-state index in [4.69, 9.17) is 13.6 Å². The van der Waals surface area contributed by atoms with Gasteiger partial charge < -0.3 is 23.4 Å². The van der Waals surface area contributed by atoms with Crippen LogP contribution in [-0.4, -0.2) is 49.1 Å². The summed E-state index contributed by atoms with van der Waals surface area (Å²) in [5, 5.41) is 9.41. The summed E-state index contributed by atoms with van der Waals surface area (Å²) in [6.07, 6.45) is 1.53. The number of anilines is 1. The van der Waals surface area contributed by atoms with Crippen molar-refractivity contribution in [3.8, 4) is 17.7 Å². The molecule has 148 valence electrons. The van der Waals surface area contributed by atoms with Crippen LogP contribution in [0, 0.1) is 11.3 Å². The Kier molecular flexibility index (Phi) is 5.31. The zero-order valence-electron chi connectivity index (χ0n) is 16.0. The number of nitrogens with zero attached hydrogens (tertiary/aromatic N) is 4. The molecule has 0 bridgehead atoms. The number of rotatable bonds is 5. The molecule has 1 fully saturated rings. The van der Waals surface area contributed by atoms with E-state index in [1.54, 1.807) is 24.1 Å². The average molecular weight is 392 g/mol. The molecule has 8 nitrogen and oxygen atoms in total. The van der Waals surface area contributed by atoms with Gasteiger partial charge in [-0.25, -0.2) is 0 Å². The number of furan rings is 1. The van der Waals surface area contributed by atoms with Crippen molar-refractivity contribution in [2.45, 2.75) is 6.61 Å². The van der Waals surface area contributed by atoms with Crippen molar-refractivity contribution >= 4 is 11.8 Å². The Labute approximate surface area is 167 Å². The van der Waals surface area contributed by atoms with Gasteiger partial charge in [-0.05, 0) is 29.8 Å². The van der Waals surface area contributed by atoms with E-state index >= 15 is 0 Å². The highest BCUT2D eigenvalue weighted by molar-refractivity contribution is 5.94. The van der Waals surface area contributed by atoms with Crippen LogP contribution in [0.25, 0.3) is 11.7 Å². The van der Waals surface area contributed by atoms with Crippen LogP contribution in [0.5, 0.6) is 0 Å². The van der Waals surface area contributed by atoms with E-state index in [2.05, 4.69) is 11.1 Å². The maximum Gasteiger partial charge on any atom is 0.266 e. The lowest BCUT2D eigenvalue weighted by Crippen LogP contribution is -2.48. The first kappa shape index (κ1) is 18.8. The fraction of sp³-hybridized carbons (Fsp3) is 0.286. The van der Waals surface area contributed by atoms with Crippen molar-refractivity contribution in [3.05, 3.63) is 59.5 Å². The summed E-state index contributed by atoms with van der Waals surface area (Å²) in [6.45, 7) is 2.68. The van der Waals surface area contributed by atoms with Crippen LogP contribution < -0.4 is 4.90 Å². The molecule has 0 spiro atoms. The fourth-order valence-corrected chi connectivity index (χ4v) is 3.31. The highest BCUT2D eigenvalue weighted by atomic mass is 16.5. The molecule has 3 heterocycles. The Morgan fingerprint density at radius 2 is 1.97 bits per heavy atom. The third-order valence-corrected chi connectivity index (χ3v) is 4.81. The molecule has 0 N–H and O–H groups in total. The molecule has 3 aromatic rings. The molecule has 29 heavy (non-hydrogen) atoms. The van der Waals surface area contributed by atoms with Crippen LogP contribution in [0.3, 0.4) is 0 Å². The topological polar surface area (TPSA) is 95.7 Å². The van der Waals surface area contributed by atoms with Gasteiger partial charge in [0.25, 0.3) is 11.8 Å². The lowest BCUT2D eigenvalue weighted by molar-refractivity contribution is 0.0745. The number of piperazine rings is 1. The minimum Gasteiger partial charge on any atom is -0.459 e. The molecule has 0 unspecified atom stereocenters. The number of carbonyl (C=O) groups is 1. The van der Waals surface area contributed by atoms with Gasteiger partial charge in [0.1, 0.15) is 6.07 Å². The van der Waals surface area contributed by atoms with Crippen LogP contribution in [0.2, 0.25) is 0 Å². The van der Waals surface area contributed by atoms with Gasteiger partial charge in [0.05, 0.1) is 12.9 Å². The van der Waals surface area contributed by atoms with Gasteiger partial charge in [0.2, 0.25) is 11.6 Å². The third-order valence-electron chi connectivity index (χ3n) is 4.81. The zero-order valence-corrected chi connectivity index (χ0v) is 16.0. The second-order valence-corrected chi connectivity index (χ2v) is 6.67. The van der Waals surface area contributed by atoms with E-state index in [1.165, 1.54) is 6.26 Å². The van der Waals surface area contributed by atoms with Crippen LogP contribution in [0.4, 0.5) is 5.88 Å². The molecule has 0 atom stereocenters. The summed E-state index contributed by atoms with van der Waals surface area (Å²) in [6, 6.07) is 13.0. The van der Waals surface area contributed by atoms with Gasteiger partial charge in [0.15, 0.2) is 5.76 Å². The molecule has 0 radical (unpaired) electrons. The van der Waals surface area contributed by atoms with Crippen molar-refractivity contribution in [3.63, 3.8) is 0 Å². The normalized spacial score (nSPS) is 14.1. The van der Waals surface area contributed by atoms with Gasteiger partial charge in [-0.3, -0.25) is 4.79 Å². The summed E-state index contributed by atoms with van der Waals surface area (Å²) in [4.78, 5) is 20.7. The zero-order chi connectivity index (χ0) is 20.2. The number of hydrogen-bond donors (Lipinski definition) is 0. The first-order valence-corrected chi connectivity index (χ1v) is 9.26. The summed E-state index contributed by atoms with van der Waals surface area (Å²) in [5.41, 5.74) is 1.89. The van der Waals surface area contributed by atoms with E-state index in [-0.39, 0.29) is 17.5 Å². The molecule has 1 aliphatic heterocycles. The number of ether oxygens (including phenoxy) is 1. The third kappa shape index (κ3) is 3.86. The van der Waals surface area contributed by atoms with Gasteiger partial charge in [-0.1, -0.05) is 12.1 Å². The first-order chi connectivity index (χ1) is 14.2. The lowest BCUT2D eigenvalue weighted by atomic mass is 10.1. The molecular weight excluding hydrogens is 372 g/mol. The summed E-state index contributed by atoms with van der Waals surface area (Å²) in [7, 11) is 1.64. The predicted octanol–water partition coefficient (Wildman–Crippen LogP) is 2.92. The number of aromatic nitrogens is 1. The van der Waals surface area contributed by atoms with Crippen molar-refractivity contribution in [2.24, 2.45) is 0 Å². The van der Waals surface area contributed by atoms with Gasteiger partial charge in [-0.15, -0.1) is 0 Å². The monoisotopic (exact) mass is 392 g/mol. The molecule has 4 rings (SSSR count). The number of methoxy groups -OCH3 is 1. The minimum absolute atomic E-state index is 0.0111. The largest absolute Gasteiger partial charge is 0.459 e. The fourth-order valence-electron chi connectivity index (χ4n) is 3.31. The smallest absolute Gasteiger partial charge is 0.266 e. The van der Waals surface area contributed by atoms with Crippen molar-refractivity contribution in [1.29, 1.82) is 5.26 Å². The van der Waals surface area contributed by atoms with Crippen molar-refractivity contribution in [2.75, 3.05) is 38.2 Å². The Bertz CT molecular complexity index is 1010. The number of oxazole rings is 1. The van der Waals surface area contributed by atoms with E-state index in [9.17, 15) is 10.1 Å². The highest BCUT2D eigenvalue weighted by Gasteiger charge is 2.27. The number of hydrogen-bond acceptors (Lipinski definition) is 7. The Balaban J connectivity index is 1.43. The summed E-state index contributed by atoms with van der Waals surface area (Å²) < 4.78 is 16.2. The van der Waals surface area contributed by atoms with Crippen LogP contribution >= 0.6 is 0 Å². The highest BCUT2D eigenvalue weighted by Crippen LogP contribution is 2.29. The second-order valence-electron chi connectivity index (χ2n) is 6.67. The number of benzene rings is 1. The minimum atomic E-state index is -0.0111. The van der Waals surface area contributed by atoms with Gasteiger partial charge in [0, 0.05) is 38.9 Å². The quantitative estimate of drug-likeness (QED) is 0.659. The van der Waals surface area contributed by atoms with E-state index in [1.807, 2.05) is 29.2 Å². The van der Waals surface area contributed by atoms with Crippen LogP contribution in [0.15, 0.2) is 51.5 Å². The maximum absolute atomic E-state index is 12.8. The summed E-state index contributed by atoms with van der Waals surface area (Å²) in [5.74, 6) is 1.15. The Morgan fingerprint density at radius 3 is 2.59 bits per heavy atom. The molecular formula is C21H20N4O4. The standard InChI is InChI=1S/C21H20N4O4/c1-27-14-15-4-6-16(7-5-15)20(26)24-8-10-25(11-9-24)21-17(13-22)23-19(29-21)18-3-2-12-28-18/h2-7,12H,8-11,14H2,1H3. The Morgan fingerprint density at radius 1 is 1.21 bits per heavy atom. The first-order valence-electron chi connectivity index (χ1n) is 9.26. The number of amides is 1. The molecule has 2 aromatic heterocycles. The SMILES string of the molecule is COCc1ccc(C(=O)N2CCN(c3oc(-c4ccco4)nc3C#N)CC2)cc1. The molecule has 8 heteroatoms. The summed E-state index contributed by atoms with van der Waals surface area (Å²) >= 11 is 0. The van der Waals surface area contributed by atoms with E-state index < -0.39 is 0 Å².